The van der Waals surface area contributed by atoms with E-state index in [1.807, 2.05) is 0 Å². The van der Waals surface area contributed by atoms with Gasteiger partial charge in [-0.15, -0.1) is 0 Å². The van der Waals surface area contributed by atoms with Gasteiger partial charge < -0.3 is 9.47 Å². The lowest BCUT2D eigenvalue weighted by Crippen LogP contribution is -2.49. The number of rotatable bonds is 5. The third-order valence-electron chi connectivity index (χ3n) is 3.08. The zero-order valence-electron chi connectivity index (χ0n) is 13.7. The first-order valence-electron chi connectivity index (χ1n) is 7.41. The molecule has 0 aliphatic carbocycles. The van der Waals surface area contributed by atoms with Gasteiger partial charge in [-0.2, -0.15) is 0 Å². The molecule has 2 amide bonds. The Morgan fingerprint density at radius 1 is 1.04 bits per heavy atom. The second-order valence-electron chi connectivity index (χ2n) is 4.90. The Hall–Kier alpha value is -2.84. The van der Waals surface area contributed by atoms with E-state index >= 15 is 0 Å². The number of para-hydroxylation sites is 2. The first kappa shape index (κ1) is 19.5. The number of amides is 2. The van der Waals surface area contributed by atoms with Crippen LogP contribution in [0.2, 0.25) is 5.02 Å². The predicted molar refractivity (Wildman–Crippen MR) is 101 cm³/mol. The van der Waals surface area contributed by atoms with Gasteiger partial charge in [0.2, 0.25) is 0 Å². The molecule has 0 aromatic heterocycles. The van der Waals surface area contributed by atoms with Crippen LogP contribution >= 0.6 is 23.8 Å². The number of methoxy groups -OCH3 is 1. The molecule has 7 nitrogen and oxygen atoms in total. The van der Waals surface area contributed by atoms with Crippen molar-refractivity contribution in [2.24, 2.45) is 0 Å². The second kappa shape index (κ2) is 9.59. The van der Waals surface area contributed by atoms with Crippen LogP contribution in [0.15, 0.2) is 48.5 Å². The highest BCUT2D eigenvalue weighted by Crippen LogP contribution is 2.25. The lowest BCUT2D eigenvalue weighted by molar-refractivity contribution is -0.123. The summed E-state index contributed by atoms with van der Waals surface area (Å²) in [6.07, 6.45) is 0. The highest BCUT2D eigenvalue weighted by molar-refractivity contribution is 7.80. The zero-order valence-corrected chi connectivity index (χ0v) is 15.3. The van der Waals surface area contributed by atoms with Crippen LogP contribution in [0.5, 0.6) is 11.5 Å². The summed E-state index contributed by atoms with van der Waals surface area (Å²) in [7, 11) is 1.51. The van der Waals surface area contributed by atoms with E-state index in [0.717, 1.165) is 0 Å². The molecule has 0 aliphatic rings. The molecule has 0 saturated carbocycles. The van der Waals surface area contributed by atoms with Crippen molar-refractivity contribution in [3.05, 3.63) is 59.1 Å². The molecule has 3 N–H and O–H groups in total. The molecule has 0 spiro atoms. The number of halogens is 1. The van der Waals surface area contributed by atoms with Gasteiger partial charge in [0, 0.05) is 10.6 Å². The third kappa shape index (κ3) is 5.91. The van der Waals surface area contributed by atoms with Crippen molar-refractivity contribution in [1.29, 1.82) is 0 Å². The average Bonchev–Trinajstić information content (AvgIpc) is 2.65. The maximum atomic E-state index is 12.0. The first-order valence-corrected chi connectivity index (χ1v) is 8.20. The molecule has 2 aromatic carbocycles. The number of benzene rings is 2. The van der Waals surface area contributed by atoms with Gasteiger partial charge in [-0.25, -0.2) is 0 Å². The van der Waals surface area contributed by atoms with Crippen LogP contribution in [0.25, 0.3) is 0 Å². The number of carbonyl (C=O) groups is 2. The lowest BCUT2D eigenvalue weighted by atomic mass is 10.2. The first-order chi connectivity index (χ1) is 12.5. The lowest BCUT2D eigenvalue weighted by Gasteiger charge is -2.12. The van der Waals surface area contributed by atoms with Crippen molar-refractivity contribution >= 4 is 40.7 Å². The van der Waals surface area contributed by atoms with Crippen molar-refractivity contribution in [3.63, 3.8) is 0 Å². The minimum absolute atomic E-state index is 0.0596. The van der Waals surface area contributed by atoms with Crippen LogP contribution in [0.4, 0.5) is 0 Å². The monoisotopic (exact) mass is 393 g/mol. The Bertz CT molecular complexity index is 799. The van der Waals surface area contributed by atoms with Gasteiger partial charge >= 0.3 is 0 Å². The molecule has 0 fully saturated rings. The number of ether oxygens (including phenoxy) is 2. The fourth-order valence-corrected chi connectivity index (χ4v) is 2.12. The third-order valence-corrected chi connectivity index (χ3v) is 3.53. The predicted octanol–water partition coefficient (Wildman–Crippen LogP) is 2.06. The average molecular weight is 394 g/mol. The normalized spacial score (nSPS) is 9.77. The number of carbonyl (C=O) groups excluding carboxylic acids is 2. The highest BCUT2D eigenvalue weighted by Gasteiger charge is 2.10. The Morgan fingerprint density at radius 3 is 2.35 bits per heavy atom. The number of hydrogen-bond acceptors (Lipinski definition) is 5. The molecule has 0 atom stereocenters. The summed E-state index contributed by atoms with van der Waals surface area (Å²) in [4.78, 5) is 23.7. The molecular weight excluding hydrogens is 378 g/mol. The zero-order chi connectivity index (χ0) is 18.9. The van der Waals surface area contributed by atoms with E-state index in [1.54, 1.807) is 48.5 Å². The van der Waals surface area contributed by atoms with E-state index in [4.69, 9.17) is 33.3 Å². The number of hydrogen-bond donors (Lipinski definition) is 3. The van der Waals surface area contributed by atoms with Crippen molar-refractivity contribution in [1.82, 2.24) is 16.2 Å². The molecule has 2 aromatic rings. The molecule has 0 aliphatic heterocycles. The van der Waals surface area contributed by atoms with Gasteiger partial charge in [-0.1, -0.05) is 23.7 Å². The van der Waals surface area contributed by atoms with Crippen LogP contribution in [-0.2, 0) is 4.79 Å². The standard InChI is InChI=1S/C17H16ClN3O4S/c1-24-13-4-2-3-5-14(13)25-10-15(22)20-21-17(26)19-16(23)11-6-8-12(18)9-7-11/h2-9H,10H2,1H3,(H,20,22)(H2,19,21,23,26). The van der Waals surface area contributed by atoms with Crippen molar-refractivity contribution in [3.8, 4) is 11.5 Å². The van der Waals surface area contributed by atoms with E-state index in [1.165, 1.54) is 7.11 Å². The van der Waals surface area contributed by atoms with Crippen LogP contribution < -0.4 is 25.6 Å². The molecule has 2 rings (SSSR count). The molecular formula is C17H16ClN3O4S. The van der Waals surface area contributed by atoms with Gasteiger partial charge in [0.1, 0.15) is 0 Å². The van der Waals surface area contributed by atoms with Crippen LogP contribution in [0.1, 0.15) is 10.4 Å². The maximum absolute atomic E-state index is 12.0. The van der Waals surface area contributed by atoms with Gasteiger partial charge in [-0.05, 0) is 48.6 Å². The largest absolute Gasteiger partial charge is 0.493 e. The summed E-state index contributed by atoms with van der Waals surface area (Å²) < 4.78 is 10.5. The quantitative estimate of drug-likeness (QED) is 0.532. The summed E-state index contributed by atoms with van der Waals surface area (Å²) in [5.41, 5.74) is 5.13. The molecule has 9 heteroatoms. The molecule has 0 heterocycles. The van der Waals surface area contributed by atoms with Crippen LogP contribution in [-0.4, -0.2) is 30.6 Å². The topological polar surface area (TPSA) is 88.7 Å². The van der Waals surface area contributed by atoms with E-state index in [0.29, 0.717) is 22.1 Å². The summed E-state index contributed by atoms with van der Waals surface area (Å²) in [5, 5.41) is 2.88. The highest BCUT2D eigenvalue weighted by atomic mass is 35.5. The molecule has 0 saturated heterocycles. The van der Waals surface area contributed by atoms with E-state index in [2.05, 4.69) is 16.2 Å². The van der Waals surface area contributed by atoms with Gasteiger partial charge in [0.15, 0.2) is 23.2 Å². The number of hydrazine groups is 1. The second-order valence-corrected chi connectivity index (χ2v) is 5.75. The van der Waals surface area contributed by atoms with E-state index < -0.39 is 11.8 Å². The minimum Gasteiger partial charge on any atom is -0.493 e. The fourth-order valence-electron chi connectivity index (χ4n) is 1.85. The van der Waals surface area contributed by atoms with E-state index in [-0.39, 0.29) is 11.7 Å². The van der Waals surface area contributed by atoms with E-state index in [9.17, 15) is 9.59 Å². The Kier molecular flexibility index (Phi) is 7.19. The van der Waals surface area contributed by atoms with Crippen molar-refractivity contribution in [2.75, 3.05) is 13.7 Å². The minimum atomic E-state index is -0.487. The summed E-state index contributed by atoms with van der Waals surface area (Å²) in [6.45, 7) is -0.263. The Labute approximate surface area is 160 Å². The van der Waals surface area contributed by atoms with Crippen LogP contribution in [0, 0.1) is 0 Å². The Balaban J connectivity index is 1.75. The van der Waals surface area contributed by atoms with Gasteiger partial charge in [0.05, 0.1) is 7.11 Å². The molecule has 26 heavy (non-hydrogen) atoms. The van der Waals surface area contributed by atoms with Gasteiger partial charge in [0.25, 0.3) is 11.8 Å². The SMILES string of the molecule is COc1ccccc1OCC(=O)NNC(=S)NC(=O)c1ccc(Cl)cc1. The smallest absolute Gasteiger partial charge is 0.276 e. The number of thiocarbonyl (C=S) groups is 1. The summed E-state index contributed by atoms with van der Waals surface area (Å²) >= 11 is 10.7. The fraction of sp³-hybridized carbons (Fsp3) is 0.118. The molecule has 136 valence electrons. The van der Waals surface area contributed by atoms with Crippen molar-refractivity contribution < 1.29 is 19.1 Å². The van der Waals surface area contributed by atoms with Gasteiger partial charge in [-0.3, -0.25) is 25.8 Å². The molecule has 0 radical (unpaired) electrons. The maximum Gasteiger partial charge on any atom is 0.276 e. The van der Waals surface area contributed by atoms with Crippen LogP contribution in [0.3, 0.4) is 0 Å². The van der Waals surface area contributed by atoms with Crippen molar-refractivity contribution in [2.45, 2.75) is 0 Å². The Morgan fingerprint density at radius 2 is 1.69 bits per heavy atom. The summed E-state index contributed by atoms with van der Waals surface area (Å²) in [5.74, 6) is 0.0282. The summed E-state index contributed by atoms with van der Waals surface area (Å²) in [6, 6.07) is 13.2. The number of nitrogens with one attached hydrogen (secondary N) is 3. The molecule has 0 unspecified atom stereocenters. The molecule has 0 bridgehead atoms.